The van der Waals surface area contributed by atoms with Crippen molar-refractivity contribution in [1.82, 2.24) is 9.03 Å². The van der Waals surface area contributed by atoms with Crippen molar-refractivity contribution >= 4 is 29.5 Å². The number of allylic oxidation sites excluding steroid dienone is 3. The number of amides is 1. The zero-order valence-electron chi connectivity index (χ0n) is 14.2. The Morgan fingerprint density at radius 3 is 2.62 bits per heavy atom. The van der Waals surface area contributed by atoms with Crippen molar-refractivity contribution in [1.29, 1.82) is 0 Å². The van der Waals surface area contributed by atoms with Gasteiger partial charge in [0.05, 0.1) is 17.8 Å². The second-order valence-corrected chi connectivity index (χ2v) is 7.42. The van der Waals surface area contributed by atoms with E-state index in [2.05, 4.69) is 21.2 Å². The van der Waals surface area contributed by atoms with Gasteiger partial charge in [0.2, 0.25) is 0 Å². The first-order valence-corrected chi connectivity index (χ1v) is 8.50. The molecule has 2 aliphatic rings. The Labute approximate surface area is 146 Å². The van der Waals surface area contributed by atoms with Crippen LogP contribution in [0.1, 0.15) is 26.3 Å². The number of fused-ring (bicyclic) bond motifs is 1. The van der Waals surface area contributed by atoms with Gasteiger partial charge in [0.1, 0.15) is 5.60 Å². The third-order valence-corrected chi connectivity index (χ3v) is 4.31. The van der Waals surface area contributed by atoms with Crippen LogP contribution in [0.3, 0.4) is 0 Å². The lowest BCUT2D eigenvalue weighted by molar-refractivity contribution is 0.0589. The van der Waals surface area contributed by atoms with Crippen LogP contribution in [0, 0.1) is 0 Å². The summed E-state index contributed by atoms with van der Waals surface area (Å²) in [4.78, 5) is 13.6. The molecule has 6 heteroatoms. The van der Waals surface area contributed by atoms with Gasteiger partial charge in [-0.15, -0.1) is 0 Å². The summed E-state index contributed by atoms with van der Waals surface area (Å²) in [5.74, 6) is 0. The monoisotopic (exact) mass is 343 g/mol. The summed E-state index contributed by atoms with van der Waals surface area (Å²) in [7, 11) is 1.72. The Morgan fingerprint density at radius 1 is 1.25 bits per heavy atom. The average molecular weight is 343 g/mol. The first-order valence-electron chi connectivity index (χ1n) is 7.72. The van der Waals surface area contributed by atoms with E-state index in [1.165, 1.54) is 17.0 Å². The topological polar surface area (TPSA) is 44.8 Å². The molecule has 0 fully saturated rings. The molecule has 24 heavy (non-hydrogen) atoms. The summed E-state index contributed by atoms with van der Waals surface area (Å²) in [6, 6.07) is 7.88. The van der Waals surface area contributed by atoms with E-state index in [1.807, 2.05) is 57.4 Å². The fourth-order valence-corrected chi connectivity index (χ4v) is 2.95. The second kappa shape index (κ2) is 6.28. The number of carbonyl (C=O) groups is 1. The largest absolute Gasteiger partial charge is 0.443 e. The molecule has 0 saturated carbocycles. The van der Waals surface area contributed by atoms with E-state index in [1.54, 1.807) is 7.05 Å². The second-order valence-electron chi connectivity index (χ2n) is 6.61. The zero-order chi connectivity index (χ0) is 17.3. The van der Waals surface area contributed by atoms with Crippen LogP contribution in [0.2, 0.25) is 0 Å². The van der Waals surface area contributed by atoms with Gasteiger partial charge in [-0.05, 0) is 56.2 Å². The lowest BCUT2D eigenvalue weighted by Gasteiger charge is -2.25. The SMILES string of the molecule is CN(C(=O)OC(C)(C)C)c1ccc(C2=CC3=CNSN3C=C2)cc1. The third kappa shape index (κ3) is 3.59. The van der Waals surface area contributed by atoms with E-state index in [-0.39, 0.29) is 6.09 Å². The van der Waals surface area contributed by atoms with Crippen molar-refractivity contribution in [3.63, 3.8) is 0 Å². The number of nitrogens with zero attached hydrogens (tertiary/aromatic N) is 2. The molecule has 0 spiro atoms. The maximum absolute atomic E-state index is 12.1. The number of ether oxygens (including phenoxy) is 1. The van der Waals surface area contributed by atoms with E-state index in [9.17, 15) is 4.79 Å². The van der Waals surface area contributed by atoms with Crippen LogP contribution in [0.4, 0.5) is 10.5 Å². The Kier molecular flexibility index (Phi) is 4.32. The zero-order valence-corrected chi connectivity index (χ0v) is 15.1. The summed E-state index contributed by atoms with van der Waals surface area (Å²) in [6.07, 6.45) is 7.84. The Morgan fingerprint density at radius 2 is 1.96 bits per heavy atom. The number of hydrogen-bond acceptors (Lipinski definition) is 5. The molecule has 2 heterocycles. The van der Waals surface area contributed by atoms with E-state index >= 15 is 0 Å². The van der Waals surface area contributed by atoms with E-state index in [0.29, 0.717) is 0 Å². The molecule has 5 nitrogen and oxygen atoms in total. The third-order valence-electron chi connectivity index (χ3n) is 3.56. The number of hydrogen-bond donors (Lipinski definition) is 1. The maximum Gasteiger partial charge on any atom is 0.414 e. The van der Waals surface area contributed by atoms with Gasteiger partial charge < -0.3 is 9.46 Å². The van der Waals surface area contributed by atoms with Crippen molar-refractivity contribution in [2.24, 2.45) is 0 Å². The van der Waals surface area contributed by atoms with Crippen molar-refractivity contribution in [3.05, 3.63) is 60.1 Å². The summed E-state index contributed by atoms with van der Waals surface area (Å²) >= 11 is 1.54. The van der Waals surface area contributed by atoms with Gasteiger partial charge in [-0.1, -0.05) is 12.1 Å². The van der Waals surface area contributed by atoms with E-state index in [0.717, 1.165) is 22.5 Å². The highest BCUT2D eigenvalue weighted by molar-refractivity contribution is 7.95. The number of rotatable bonds is 2. The fourth-order valence-electron chi connectivity index (χ4n) is 2.33. The molecule has 0 unspecified atom stereocenters. The van der Waals surface area contributed by atoms with E-state index in [4.69, 9.17) is 4.74 Å². The van der Waals surface area contributed by atoms with Crippen molar-refractivity contribution in [2.75, 3.05) is 11.9 Å². The van der Waals surface area contributed by atoms with Crippen LogP contribution in [0.5, 0.6) is 0 Å². The van der Waals surface area contributed by atoms with Crippen molar-refractivity contribution in [2.45, 2.75) is 26.4 Å². The Bertz CT molecular complexity index is 730. The molecule has 2 aliphatic heterocycles. The molecule has 0 aliphatic carbocycles. The normalized spacial score (nSPS) is 16.1. The summed E-state index contributed by atoms with van der Waals surface area (Å²) < 4.78 is 10.6. The molecular weight excluding hydrogens is 322 g/mol. The molecule has 0 bridgehead atoms. The molecule has 1 N–H and O–H groups in total. The van der Waals surface area contributed by atoms with Gasteiger partial charge in [-0.2, -0.15) is 0 Å². The maximum atomic E-state index is 12.1. The smallest absolute Gasteiger partial charge is 0.414 e. The summed E-state index contributed by atoms with van der Waals surface area (Å²) in [5, 5.41) is 0. The lowest BCUT2D eigenvalue weighted by atomic mass is 10.0. The molecule has 0 aromatic heterocycles. The quantitative estimate of drug-likeness (QED) is 0.812. The molecule has 0 radical (unpaired) electrons. The fraction of sp³-hybridized carbons (Fsp3) is 0.278. The molecule has 126 valence electrons. The Balaban J connectivity index is 1.74. The molecule has 0 atom stereocenters. The minimum atomic E-state index is -0.504. The predicted octanol–water partition coefficient (Wildman–Crippen LogP) is 4.28. The first kappa shape index (κ1) is 16.5. The molecule has 1 amide bonds. The van der Waals surface area contributed by atoms with Crippen LogP contribution in [0.25, 0.3) is 5.57 Å². The highest BCUT2D eigenvalue weighted by Gasteiger charge is 2.21. The van der Waals surface area contributed by atoms with Crippen LogP contribution >= 0.6 is 12.1 Å². The van der Waals surface area contributed by atoms with Crippen LogP contribution in [-0.2, 0) is 4.74 Å². The molecule has 1 aromatic rings. The van der Waals surface area contributed by atoms with Crippen LogP contribution in [0.15, 0.2) is 54.5 Å². The van der Waals surface area contributed by atoms with Gasteiger partial charge in [-0.3, -0.25) is 9.21 Å². The average Bonchev–Trinajstić information content (AvgIpc) is 3.00. The molecule has 0 saturated heterocycles. The number of nitrogens with one attached hydrogen (secondary N) is 1. The van der Waals surface area contributed by atoms with Gasteiger partial charge in [0.15, 0.2) is 0 Å². The minimum absolute atomic E-state index is 0.359. The lowest BCUT2D eigenvalue weighted by Crippen LogP contribution is -2.34. The Hall–Kier alpha value is -2.34. The molecule has 1 aromatic carbocycles. The highest BCUT2D eigenvalue weighted by Crippen LogP contribution is 2.31. The predicted molar refractivity (Wildman–Crippen MR) is 98.8 cm³/mol. The number of anilines is 1. The minimum Gasteiger partial charge on any atom is -0.443 e. The van der Waals surface area contributed by atoms with Gasteiger partial charge >= 0.3 is 6.09 Å². The van der Waals surface area contributed by atoms with Gasteiger partial charge in [0, 0.05) is 25.1 Å². The first-order chi connectivity index (χ1) is 11.3. The highest BCUT2D eigenvalue weighted by atomic mass is 32.2. The number of carbonyl (C=O) groups excluding carboxylic acids is 1. The van der Waals surface area contributed by atoms with E-state index < -0.39 is 5.60 Å². The number of benzene rings is 1. The standard InChI is InChI=1S/C18H21N3O2S/c1-18(2,3)23-17(22)20(4)15-7-5-13(6-8-15)14-9-10-21-16(11-14)12-19-24-21/h5-12,19H,1-4H3. The summed E-state index contributed by atoms with van der Waals surface area (Å²) in [5.41, 5.74) is 3.65. The van der Waals surface area contributed by atoms with Gasteiger partial charge in [-0.25, -0.2) is 4.79 Å². The van der Waals surface area contributed by atoms with Crippen molar-refractivity contribution < 1.29 is 9.53 Å². The summed E-state index contributed by atoms with van der Waals surface area (Å²) in [6.45, 7) is 5.58. The van der Waals surface area contributed by atoms with Crippen LogP contribution in [-0.4, -0.2) is 23.0 Å². The van der Waals surface area contributed by atoms with Crippen LogP contribution < -0.4 is 9.62 Å². The van der Waals surface area contributed by atoms with Crippen molar-refractivity contribution in [3.8, 4) is 0 Å². The molecule has 3 rings (SSSR count). The molecular formula is C18H21N3O2S. The van der Waals surface area contributed by atoms with Gasteiger partial charge in [0.25, 0.3) is 0 Å².